The number of benzene rings is 1. The minimum atomic E-state index is -0.409. The first-order valence-electron chi connectivity index (χ1n) is 8.01. The maximum Gasteiger partial charge on any atom is 0.253 e. The molecule has 1 aromatic rings. The number of nitrogens with zero attached hydrogens (tertiary/aromatic N) is 1. The monoisotopic (exact) mass is 365 g/mol. The van der Waals surface area contributed by atoms with Crippen LogP contribution in [0.15, 0.2) is 18.2 Å². The summed E-state index contributed by atoms with van der Waals surface area (Å²) in [5.74, 6) is -1.27. The first-order valence-corrected chi connectivity index (χ1v) is 8.39. The third-order valence-corrected chi connectivity index (χ3v) is 3.87. The molecular weight excluding hydrogens is 346 g/mol. The Morgan fingerprint density at radius 2 is 1.84 bits per heavy atom. The number of nitrogens with one attached hydrogen (secondary N) is 2. The molecule has 0 aromatic heterocycles. The maximum absolute atomic E-state index is 12.2. The molecule has 0 radical (unpaired) electrons. The van der Waals surface area contributed by atoms with E-state index in [9.17, 15) is 19.2 Å². The van der Waals surface area contributed by atoms with Gasteiger partial charge in [0.25, 0.3) is 5.91 Å². The van der Waals surface area contributed by atoms with Gasteiger partial charge in [-0.3, -0.25) is 24.1 Å². The summed E-state index contributed by atoms with van der Waals surface area (Å²) in [7, 11) is 0. The zero-order chi connectivity index (χ0) is 18.6. The van der Waals surface area contributed by atoms with Gasteiger partial charge in [-0.15, -0.1) is 0 Å². The second-order valence-corrected chi connectivity index (χ2v) is 6.49. The van der Waals surface area contributed by atoms with Gasteiger partial charge in [0.1, 0.15) is 0 Å². The van der Waals surface area contributed by atoms with Crippen LogP contribution in [-0.4, -0.2) is 41.1 Å². The van der Waals surface area contributed by atoms with E-state index >= 15 is 0 Å². The predicted molar refractivity (Wildman–Crippen MR) is 93.3 cm³/mol. The Bertz CT molecular complexity index is 702. The summed E-state index contributed by atoms with van der Waals surface area (Å²) in [6, 6.07) is 4.52. The summed E-state index contributed by atoms with van der Waals surface area (Å²) >= 11 is 5.95. The number of hydrogen-bond acceptors (Lipinski definition) is 4. The van der Waals surface area contributed by atoms with Gasteiger partial charge in [0.05, 0.1) is 11.3 Å². The molecule has 0 unspecified atom stereocenters. The van der Waals surface area contributed by atoms with E-state index in [0.717, 1.165) is 4.90 Å². The van der Waals surface area contributed by atoms with Crippen LogP contribution in [0, 0.1) is 0 Å². The summed E-state index contributed by atoms with van der Waals surface area (Å²) in [4.78, 5) is 48.6. The van der Waals surface area contributed by atoms with Crippen LogP contribution in [0.1, 0.15) is 43.5 Å². The number of rotatable bonds is 6. The molecule has 1 saturated heterocycles. The Hall–Kier alpha value is -2.41. The maximum atomic E-state index is 12.2. The molecule has 0 saturated carbocycles. The van der Waals surface area contributed by atoms with Crippen LogP contribution in [0.3, 0.4) is 0 Å². The van der Waals surface area contributed by atoms with Gasteiger partial charge in [-0.1, -0.05) is 11.6 Å². The van der Waals surface area contributed by atoms with Gasteiger partial charge in [-0.2, -0.15) is 0 Å². The molecule has 1 aromatic carbocycles. The lowest BCUT2D eigenvalue weighted by molar-refractivity contribution is -0.138. The molecule has 1 heterocycles. The van der Waals surface area contributed by atoms with Crippen molar-refractivity contribution in [1.29, 1.82) is 0 Å². The van der Waals surface area contributed by atoms with Gasteiger partial charge in [-0.25, -0.2) is 0 Å². The molecule has 1 aliphatic heterocycles. The number of imide groups is 1. The topological polar surface area (TPSA) is 95.6 Å². The normalized spacial score (nSPS) is 14.2. The number of carbonyl (C=O) groups excluding carboxylic acids is 4. The molecule has 7 nitrogen and oxygen atoms in total. The van der Waals surface area contributed by atoms with Crippen molar-refractivity contribution in [2.24, 2.45) is 0 Å². The summed E-state index contributed by atoms with van der Waals surface area (Å²) in [5, 5.41) is 5.75. The Balaban J connectivity index is 2.04. The average Bonchev–Trinajstić information content (AvgIpc) is 2.83. The fourth-order valence-corrected chi connectivity index (χ4v) is 2.63. The summed E-state index contributed by atoms with van der Waals surface area (Å²) in [5.41, 5.74) is 0.578. The Kier molecular flexibility index (Phi) is 6.14. The van der Waals surface area contributed by atoms with Crippen LogP contribution in [0.2, 0.25) is 5.02 Å². The molecule has 1 aliphatic rings. The molecule has 2 rings (SSSR count). The fraction of sp³-hybridized carbons (Fsp3) is 0.412. The number of amides is 4. The number of hydrogen-bond donors (Lipinski definition) is 2. The van der Waals surface area contributed by atoms with Crippen molar-refractivity contribution in [2.45, 2.75) is 39.2 Å². The van der Waals surface area contributed by atoms with E-state index in [4.69, 9.17) is 11.6 Å². The SMILES string of the molecule is CC(C)NC(=O)c1ccc(Cl)cc1NC(=O)CCN1C(=O)CCC1=O. The Morgan fingerprint density at radius 3 is 2.44 bits per heavy atom. The molecular formula is C17H20ClN3O4. The molecule has 2 N–H and O–H groups in total. The van der Waals surface area contributed by atoms with E-state index in [0.29, 0.717) is 10.6 Å². The number of carbonyl (C=O) groups is 4. The molecule has 0 atom stereocenters. The lowest BCUT2D eigenvalue weighted by atomic mass is 10.1. The smallest absolute Gasteiger partial charge is 0.253 e. The van der Waals surface area contributed by atoms with Crippen molar-refractivity contribution in [3.05, 3.63) is 28.8 Å². The van der Waals surface area contributed by atoms with E-state index in [1.807, 2.05) is 13.8 Å². The standard InChI is InChI=1S/C17H20ClN3O4/c1-10(2)19-17(25)12-4-3-11(18)9-13(12)20-14(22)7-8-21-15(23)5-6-16(21)24/h3-4,9-10H,5-8H2,1-2H3,(H,19,25)(H,20,22). The quantitative estimate of drug-likeness (QED) is 0.753. The molecule has 4 amide bonds. The predicted octanol–water partition coefficient (Wildman–Crippen LogP) is 1.96. The van der Waals surface area contributed by atoms with Crippen molar-refractivity contribution in [2.75, 3.05) is 11.9 Å². The second kappa shape index (κ2) is 8.11. The first-order chi connectivity index (χ1) is 11.8. The highest BCUT2D eigenvalue weighted by molar-refractivity contribution is 6.31. The highest BCUT2D eigenvalue weighted by Crippen LogP contribution is 2.22. The van der Waals surface area contributed by atoms with Crippen LogP contribution >= 0.6 is 11.6 Å². The number of anilines is 1. The molecule has 0 bridgehead atoms. The Labute approximate surface area is 150 Å². The van der Waals surface area contributed by atoms with Crippen molar-refractivity contribution in [3.8, 4) is 0 Å². The highest BCUT2D eigenvalue weighted by Gasteiger charge is 2.28. The number of likely N-dealkylation sites (tertiary alicyclic amines) is 1. The van der Waals surface area contributed by atoms with Crippen molar-refractivity contribution < 1.29 is 19.2 Å². The van der Waals surface area contributed by atoms with Gasteiger partial charge < -0.3 is 10.6 Å². The molecule has 0 aliphatic carbocycles. The molecule has 134 valence electrons. The van der Waals surface area contributed by atoms with Gasteiger partial charge in [0.15, 0.2) is 0 Å². The average molecular weight is 366 g/mol. The zero-order valence-electron chi connectivity index (χ0n) is 14.1. The van der Waals surface area contributed by atoms with Gasteiger partial charge in [0.2, 0.25) is 17.7 Å². The fourth-order valence-electron chi connectivity index (χ4n) is 2.46. The summed E-state index contributed by atoms with van der Waals surface area (Å²) in [6.07, 6.45) is 0.331. The zero-order valence-corrected chi connectivity index (χ0v) is 14.9. The van der Waals surface area contributed by atoms with Crippen LogP contribution in [-0.2, 0) is 14.4 Å². The van der Waals surface area contributed by atoms with Crippen LogP contribution < -0.4 is 10.6 Å². The summed E-state index contributed by atoms with van der Waals surface area (Å²) in [6.45, 7) is 3.68. The Morgan fingerprint density at radius 1 is 1.20 bits per heavy atom. The van der Waals surface area contributed by atoms with Gasteiger partial charge in [0, 0.05) is 36.9 Å². The van der Waals surface area contributed by atoms with E-state index in [1.165, 1.54) is 12.1 Å². The lowest BCUT2D eigenvalue weighted by Crippen LogP contribution is -2.33. The van der Waals surface area contributed by atoms with Crippen LogP contribution in [0.4, 0.5) is 5.69 Å². The van der Waals surface area contributed by atoms with Crippen LogP contribution in [0.25, 0.3) is 0 Å². The third kappa shape index (κ3) is 5.03. The summed E-state index contributed by atoms with van der Waals surface area (Å²) < 4.78 is 0. The van der Waals surface area contributed by atoms with E-state index < -0.39 is 5.91 Å². The minimum Gasteiger partial charge on any atom is -0.350 e. The van der Waals surface area contributed by atoms with Crippen molar-refractivity contribution >= 4 is 40.9 Å². The molecule has 0 spiro atoms. The minimum absolute atomic E-state index is 0.0254. The third-order valence-electron chi connectivity index (χ3n) is 3.64. The lowest BCUT2D eigenvalue weighted by Gasteiger charge is -2.15. The van der Waals surface area contributed by atoms with E-state index in [2.05, 4.69) is 10.6 Å². The molecule has 8 heteroatoms. The first kappa shape index (κ1) is 18.9. The molecule has 25 heavy (non-hydrogen) atoms. The van der Waals surface area contributed by atoms with Gasteiger partial charge >= 0.3 is 0 Å². The van der Waals surface area contributed by atoms with E-state index in [1.54, 1.807) is 6.07 Å². The van der Waals surface area contributed by atoms with E-state index in [-0.39, 0.29) is 55.3 Å². The molecule has 1 fully saturated rings. The van der Waals surface area contributed by atoms with Crippen LogP contribution in [0.5, 0.6) is 0 Å². The van der Waals surface area contributed by atoms with Crippen molar-refractivity contribution in [1.82, 2.24) is 10.2 Å². The second-order valence-electron chi connectivity index (χ2n) is 6.06. The van der Waals surface area contributed by atoms with Gasteiger partial charge in [-0.05, 0) is 32.0 Å². The highest BCUT2D eigenvalue weighted by atomic mass is 35.5. The number of halogens is 1. The van der Waals surface area contributed by atoms with Crippen molar-refractivity contribution in [3.63, 3.8) is 0 Å². The largest absolute Gasteiger partial charge is 0.350 e.